The van der Waals surface area contributed by atoms with Crippen LogP contribution in [-0.2, 0) is 6.18 Å². The van der Waals surface area contributed by atoms with Gasteiger partial charge in [-0.25, -0.2) is 8.78 Å². The van der Waals surface area contributed by atoms with Crippen molar-refractivity contribution in [2.24, 2.45) is 0 Å². The first-order chi connectivity index (χ1) is 9.32. The third-order valence-corrected chi connectivity index (χ3v) is 2.76. The van der Waals surface area contributed by atoms with Crippen LogP contribution in [0.4, 0.5) is 22.0 Å². The molecule has 2 aromatic carbocycles. The molecule has 0 radical (unpaired) electrons. The molecule has 0 fully saturated rings. The highest BCUT2D eigenvalue weighted by molar-refractivity contribution is 5.66. The lowest BCUT2D eigenvalue weighted by atomic mass is 10.0. The van der Waals surface area contributed by atoms with Crippen LogP contribution in [0.5, 0.6) is 5.75 Å². The Morgan fingerprint density at radius 2 is 1.55 bits per heavy atom. The molecule has 0 atom stereocenters. The van der Waals surface area contributed by atoms with E-state index in [0.717, 1.165) is 12.1 Å². The number of rotatable bonds is 2. The first-order valence-corrected chi connectivity index (χ1v) is 5.53. The van der Waals surface area contributed by atoms with Gasteiger partial charge in [-0.2, -0.15) is 13.2 Å². The van der Waals surface area contributed by atoms with E-state index < -0.39 is 23.4 Å². The van der Waals surface area contributed by atoms with E-state index in [1.807, 2.05) is 0 Å². The van der Waals surface area contributed by atoms with Gasteiger partial charge in [-0.1, -0.05) is 6.07 Å². The van der Waals surface area contributed by atoms with Crippen LogP contribution >= 0.6 is 0 Å². The summed E-state index contributed by atoms with van der Waals surface area (Å²) in [5.41, 5.74) is -1.60. The van der Waals surface area contributed by atoms with E-state index >= 15 is 0 Å². The molecule has 0 saturated carbocycles. The summed E-state index contributed by atoms with van der Waals surface area (Å²) < 4.78 is 69.7. The number of alkyl halides is 3. The molecule has 2 rings (SSSR count). The van der Waals surface area contributed by atoms with Crippen molar-refractivity contribution in [1.29, 1.82) is 0 Å². The molecule has 0 N–H and O–H groups in total. The Hall–Kier alpha value is -2.11. The van der Waals surface area contributed by atoms with Crippen LogP contribution in [0.3, 0.4) is 0 Å². The summed E-state index contributed by atoms with van der Waals surface area (Å²) in [6, 6.07) is 5.99. The molecule has 106 valence electrons. The predicted molar refractivity (Wildman–Crippen MR) is 63.3 cm³/mol. The Bertz CT molecular complexity index is 634. The minimum absolute atomic E-state index is 0.0740. The van der Waals surface area contributed by atoms with Gasteiger partial charge in [0.25, 0.3) is 0 Å². The van der Waals surface area contributed by atoms with Crippen molar-refractivity contribution in [1.82, 2.24) is 0 Å². The molecule has 0 aliphatic carbocycles. The lowest BCUT2D eigenvalue weighted by molar-refractivity contribution is -0.139. The fourth-order valence-corrected chi connectivity index (χ4v) is 1.76. The summed E-state index contributed by atoms with van der Waals surface area (Å²) in [5, 5.41) is 0. The van der Waals surface area contributed by atoms with Gasteiger partial charge in [-0.3, -0.25) is 0 Å². The molecular formula is C14H9F5O. The molecule has 0 heterocycles. The summed E-state index contributed by atoms with van der Waals surface area (Å²) in [5.74, 6) is -1.82. The van der Waals surface area contributed by atoms with Crippen LogP contribution in [0.2, 0.25) is 0 Å². The lowest BCUT2D eigenvalue weighted by Gasteiger charge is -2.11. The van der Waals surface area contributed by atoms with Crippen molar-refractivity contribution >= 4 is 0 Å². The zero-order valence-electron chi connectivity index (χ0n) is 10.3. The van der Waals surface area contributed by atoms with Gasteiger partial charge in [0.05, 0.1) is 12.7 Å². The molecule has 0 spiro atoms. The second-order valence-electron chi connectivity index (χ2n) is 4.04. The highest BCUT2D eigenvalue weighted by atomic mass is 19.4. The van der Waals surface area contributed by atoms with Crippen molar-refractivity contribution in [3.8, 4) is 16.9 Å². The van der Waals surface area contributed by atoms with Crippen LogP contribution in [-0.4, -0.2) is 7.11 Å². The fraction of sp³-hybridized carbons (Fsp3) is 0.143. The summed E-state index contributed by atoms with van der Waals surface area (Å²) in [6.45, 7) is 0. The third kappa shape index (κ3) is 2.74. The molecule has 6 heteroatoms. The zero-order chi connectivity index (χ0) is 14.9. The zero-order valence-corrected chi connectivity index (χ0v) is 10.3. The van der Waals surface area contributed by atoms with Gasteiger partial charge in [0.15, 0.2) is 0 Å². The molecular weight excluding hydrogens is 279 g/mol. The Kier molecular flexibility index (Phi) is 3.65. The molecule has 2 aromatic rings. The van der Waals surface area contributed by atoms with Crippen LogP contribution in [0.25, 0.3) is 11.1 Å². The molecule has 0 aliphatic heterocycles. The topological polar surface area (TPSA) is 9.23 Å². The summed E-state index contributed by atoms with van der Waals surface area (Å²) >= 11 is 0. The third-order valence-electron chi connectivity index (χ3n) is 2.76. The average Bonchev–Trinajstić information content (AvgIpc) is 2.39. The molecule has 0 amide bonds. The van der Waals surface area contributed by atoms with E-state index in [0.29, 0.717) is 17.9 Å². The maximum Gasteiger partial charge on any atom is 0.419 e. The van der Waals surface area contributed by atoms with E-state index in [-0.39, 0.29) is 11.1 Å². The van der Waals surface area contributed by atoms with Gasteiger partial charge in [0.2, 0.25) is 0 Å². The van der Waals surface area contributed by atoms with Crippen molar-refractivity contribution in [3.05, 3.63) is 53.6 Å². The Balaban J connectivity index is 2.59. The van der Waals surface area contributed by atoms with Crippen molar-refractivity contribution in [2.45, 2.75) is 6.18 Å². The van der Waals surface area contributed by atoms with Gasteiger partial charge >= 0.3 is 6.18 Å². The van der Waals surface area contributed by atoms with Crippen molar-refractivity contribution in [3.63, 3.8) is 0 Å². The van der Waals surface area contributed by atoms with E-state index in [4.69, 9.17) is 4.74 Å². The maximum atomic E-state index is 13.7. The number of ether oxygens (including phenoxy) is 1. The van der Waals surface area contributed by atoms with E-state index in [9.17, 15) is 22.0 Å². The van der Waals surface area contributed by atoms with Crippen LogP contribution in [0.1, 0.15) is 5.56 Å². The lowest BCUT2D eigenvalue weighted by Crippen LogP contribution is -2.08. The number of methoxy groups -OCH3 is 1. The standard InChI is InChI=1S/C14H9F5O/c1-20-9-3-5-12(15)10(7-9)8-2-4-13(16)11(6-8)14(17,18)19/h2-7H,1H3. The summed E-state index contributed by atoms with van der Waals surface area (Å²) in [6.07, 6.45) is -4.84. The fourth-order valence-electron chi connectivity index (χ4n) is 1.76. The first-order valence-electron chi connectivity index (χ1n) is 5.53. The molecule has 1 nitrogen and oxygen atoms in total. The Morgan fingerprint density at radius 3 is 2.15 bits per heavy atom. The highest BCUT2D eigenvalue weighted by Gasteiger charge is 2.34. The molecule has 20 heavy (non-hydrogen) atoms. The van der Waals surface area contributed by atoms with E-state index in [1.165, 1.54) is 19.2 Å². The van der Waals surface area contributed by atoms with Crippen LogP contribution in [0, 0.1) is 11.6 Å². The quantitative estimate of drug-likeness (QED) is 0.730. The Morgan fingerprint density at radius 1 is 0.900 bits per heavy atom. The van der Waals surface area contributed by atoms with Crippen LogP contribution < -0.4 is 4.74 Å². The monoisotopic (exact) mass is 288 g/mol. The second kappa shape index (κ2) is 5.11. The van der Waals surface area contributed by atoms with Crippen LogP contribution in [0.15, 0.2) is 36.4 Å². The normalized spacial score (nSPS) is 11.5. The number of benzene rings is 2. The number of hydrogen-bond acceptors (Lipinski definition) is 1. The largest absolute Gasteiger partial charge is 0.497 e. The van der Waals surface area contributed by atoms with Gasteiger partial charge in [-0.05, 0) is 35.9 Å². The molecule has 0 saturated heterocycles. The van der Waals surface area contributed by atoms with Gasteiger partial charge in [0.1, 0.15) is 17.4 Å². The molecule has 0 aliphatic rings. The minimum Gasteiger partial charge on any atom is -0.497 e. The van der Waals surface area contributed by atoms with Crippen molar-refractivity contribution in [2.75, 3.05) is 7.11 Å². The average molecular weight is 288 g/mol. The smallest absolute Gasteiger partial charge is 0.419 e. The highest BCUT2D eigenvalue weighted by Crippen LogP contribution is 2.35. The van der Waals surface area contributed by atoms with Crippen molar-refractivity contribution < 1.29 is 26.7 Å². The Labute approximate surface area is 111 Å². The molecule has 0 bridgehead atoms. The van der Waals surface area contributed by atoms with Gasteiger partial charge in [-0.15, -0.1) is 0 Å². The number of halogens is 5. The second-order valence-corrected chi connectivity index (χ2v) is 4.04. The van der Waals surface area contributed by atoms with E-state index in [2.05, 4.69) is 0 Å². The summed E-state index contributed by atoms with van der Waals surface area (Å²) in [4.78, 5) is 0. The molecule has 0 aromatic heterocycles. The predicted octanol–water partition coefficient (Wildman–Crippen LogP) is 4.66. The maximum absolute atomic E-state index is 13.7. The van der Waals surface area contributed by atoms with E-state index in [1.54, 1.807) is 0 Å². The first kappa shape index (κ1) is 14.3. The minimum atomic E-state index is -4.84. The van der Waals surface area contributed by atoms with Gasteiger partial charge in [0, 0.05) is 5.56 Å². The van der Waals surface area contributed by atoms with Gasteiger partial charge < -0.3 is 4.74 Å². The SMILES string of the molecule is COc1ccc(F)c(-c2ccc(F)c(C(F)(F)F)c2)c1. The molecule has 0 unspecified atom stereocenters. The number of hydrogen-bond donors (Lipinski definition) is 0. The summed E-state index contributed by atoms with van der Waals surface area (Å²) in [7, 11) is 1.35.